The second kappa shape index (κ2) is 13.8. The van der Waals surface area contributed by atoms with Crippen LogP contribution in [0.3, 0.4) is 0 Å². The molecule has 2 amide bonds. The highest BCUT2D eigenvalue weighted by Crippen LogP contribution is 2.20. The van der Waals surface area contributed by atoms with Crippen molar-refractivity contribution in [2.75, 3.05) is 25.3 Å². The van der Waals surface area contributed by atoms with Crippen molar-refractivity contribution >= 4 is 35.6 Å². The number of alkyl carbamates (subject to hydrolysis) is 1. The van der Waals surface area contributed by atoms with E-state index in [1.54, 1.807) is 63.8 Å². The van der Waals surface area contributed by atoms with Crippen LogP contribution in [0.5, 0.6) is 0 Å². The highest BCUT2D eigenvalue weighted by Gasteiger charge is 2.32. The third kappa shape index (κ3) is 9.58. The first-order chi connectivity index (χ1) is 18.4. The molecular weight excluding hydrogens is 522 g/mol. The average Bonchev–Trinajstić information content (AvgIpc) is 3.51. The van der Waals surface area contributed by atoms with Crippen LogP contribution in [0, 0.1) is 0 Å². The Kier molecular flexibility index (Phi) is 11.7. The number of hydrogen-bond donors (Lipinski definition) is 3. The zero-order valence-electron chi connectivity index (χ0n) is 25.0. The van der Waals surface area contributed by atoms with Gasteiger partial charge in [-0.1, -0.05) is 13.3 Å². The number of rotatable bonds is 9. The summed E-state index contributed by atoms with van der Waals surface area (Å²) in [5.41, 5.74) is 3.04. The minimum Gasteiger partial charge on any atom is -0.467 e. The summed E-state index contributed by atoms with van der Waals surface area (Å²) in [6.07, 6.45) is 6.54. The van der Waals surface area contributed by atoms with Gasteiger partial charge in [0.15, 0.2) is 5.82 Å². The molecule has 2 aromatic rings. The maximum Gasteiger partial charge on any atom is 0.408 e. The molecule has 0 aromatic carbocycles. The molecule has 2 rings (SSSR count). The Morgan fingerprint density at radius 2 is 1.40 bits per heavy atom. The molecule has 0 aliphatic heterocycles. The molecule has 0 fully saturated rings. The van der Waals surface area contributed by atoms with E-state index >= 15 is 0 Å². The van der Waals surface area contributed by atoms with Gasteiger partial charge in [-0.3, -0.25) is 4.79 Å². The van der Waals surface area contributed by atoms with Crippen LogP contribution in [0.25, 0.3) is 0 Å². The van der Waals surface area contributed by atoms with Crippen LogP contribution in [0.2, 0.25) is 0 Å². The van der Waals surface area contributed by atoms with Gasteiger partial charge in [0.25, 0.3) is 0 Å². The van der Waals surface area contributed by atoms with Crippen molar-refractivity contribution in [2.24, 2.45) is 0 Å². The second-order valence-electron chi connectivity index (χ2n) is 10.9. The van der Waals surface area contributed by atoms with Gasteiger partial charge in [0.05, 0.1) is 26.9 Å². The summed E-state index contributed by atoms with van der Waals surface area (Å²) < 4.78 is 17.8. The van der Waals surface area contributed by atoms with Crippen LogP contribution >= 0.6 is 0 Å². The molecule has 14 nitrogen and oxygen atoms in total. The lowest BCUT2D eigenvalue weighted by atomic mass is 10.1. The number of carbonyl (C=O) groups is 4. The number of nitrogens with zero attached hydrogens (tertiary/aromatic N) is 4. The molecule has 0 saturated heterocycles. The predicted molar refractivity (Wildman–Crippen MR) is 148 cm³/mol. The maximum absolute atomic E-state index is 12.5. The third-order valence-corrected chi connectivity index (χ3v) is 5.68. The summed E-state index contributed by atoms with van der Waals surface area (Å²) in [7, 11) is 2.66. The Morgan fingerprint density at radius 1 is 0.900 bits per heavy atom. The van der Waals surface area contributed by atoms with E-state index in [-0.39, 0.29) is 11.8 Å². The molecule has 0 aliphatic carbocycles. The molecule has 0 saturated carbocycles. The number of nitrogen functional groups attached to an aromatic ring is 1. The molecule has 0 radical (unpaired) electrons. The van der Waals surface area contributed by atoms with Gasteiger partial charge in [-0.2, -0.15) is 0 Å². The predicted octanol–water partition coefficient (Wildman–Crippen LogP) is 2.80. The Labute approximate surface area is 234 Å². The lowest BCUT2D eigenvalue weighted by molar-refractivity contribution is -0.150. The largest absolute Gasteiger partial charge is 0.467 e. The molecule has 2 aromatic heterocycles. The van der Waals surface area contributed by atoms with E-state index in [2.05, 4.69) is 25.3 Å². The summed E-state index contributed by atoms with van der Waals surface area (Å²) >= 11 is 0. The zero-order chi connectivity index (χ0) is 30.9. The fraction of sp³-hybridized carbons (Fsp3) is 0.615. The minimum absolute atomic E-state index is 0.268. The number of anilines is 2. The van der Waals surface area contributed by atoms with Gasteiger partial charge in [0.1, 0.15) is 28.5 Å². The third-order valence-electron chi connectivity index (χ3n) is 5.68. The van der Waals surface area contributed by atoms with Crippen molar-refractivity contribution in [1.29, 1.82) is 0 Å². The highest BCUT2D eigenvalue weighted by atomic mass is 16.6. The molecule has 224 valence electrons. The van der Waals surface area contributed by atoms with Crippen molar-refractivity contribution in [1.82, 2.24) is 24.4 Å². The molecule has 2 heterocycles. The Hall–Kier alpha value is -4.10. The number of aromatic nitrogens is 4. The van der Waals surface area contributed by atoms with E-state index in [1.165, 1.54) is 33.1 Å². The van der Waals surface area contributed by atoms with E-state index in [0.717, 1.165) is 0 Å². The maximum atomic E-state index is 12.5. The summed E-state index contributed by atoms with van der Waals surface area (Å²) in [5, 5.41) is 5.23. The fourth-order valence-corrected chi connectivity index (χ4v) is 3.27. The molecule has 1 atom stereocenters. The average molecular weight is 566 g/mol. The van der Waals surface area contributed by atoms with Crippen molar-refractivity contribution in [3.8, 4) is 0 Å². The number of imidazole rings is 2. The smallest absolute Gasteiger partial charge is 0.408 e. The van der Waals surface area contributed by atoms with Gasteiger partial charge in [-0.15, -0.1) is 0 Å². The molecule has 40 heavy (non-hydrogen) atoms. The number of esters is 2. The number of nitrogens with one attached hydrogen (secondary N) is 2. The van der Waals surface area contributed by atoms with E-state index in [0.29, 0.717) is 18.7 Å². The van der Waals surface area contributed by atoms with Crippen LogP contribution in [0.4, 0.5) is 16.4 Å². The summed E-state index contributed by atoms with van der Waals surface area (Å²) in [5.74, 6) is -0.525. The van der Waals surface area contributed by atoms with Gasteiger partial charge in [0.2, 0.25) is 5.91 Å². The molecule has 1 unspecified atom stereocenters. The van der Waals surface area contributed by atoms with Crippen molar-refractivity contribution in [2.45, 2.75) is 91.0 Å². The molecule has 0 aliphatic rings. The van der Waals surface area contributed by atoms with Crippen LogP contribution in [0.1, 0.15) is 68.2 Å². The summed E-state index contributed by atoms with van der Waals surface area (Å²) in [6, 6.07) is -0.761. The van der Waals surface area contributed by atoms with Gasteiger partial charge < -0.3 is 39.7 Å². The van der Waals surface area contributed by atoms with E-state index in [1.807, 2.05) is 6.92 Å². The number of carbonyl (C=O) groups excluding carboxylic acids is 4. The summed E-state index contributed by atoms with van der Waals surface area (Å²) in [4.78, 5) is 55.6. The van der Waals surface area contributed by atoms with Crippen LogP contribution in [-0.2, 0) is 39.7 Å². The second-order valence-corrected chi connectivity index (χ2v) is 10.9. The zero-order valence-corrected chi connectivity index (χ0v) is 25.0. The van der Waals surface area contributed by atoms with Crippen LogP contribution in [0.15, 0.2) is 25.0 Å². The van der Waals surface area contributed by atoms with Gasteiger partial charge in [-0.05, 0) is 54.9 Å². The summed E-state index contributed by atoms with van der Waals surface area (Å²) in [6.45, 7) is 14.0. The first-order valence-corrected chi connectivity index (χ1v) is 12.7. The molecule has 0 spiro atoms. The fourth-order valence-electron chi connectivity index (χ4n) is 3.27. The van der Waals surface area contributed by atoms with Crippen LogP contribution in [-0.4, -0.2) is 68.9 Å². The molecule has 14 heteroatoms. The first-order valence-electron chi connectivity index (χ1n) is 12.7. The Bertz CT molecular complexity index is 1160. The number of ether oxygens (including phenoxy) is 3. The minimum atomic E-state index is -0.970. The number of methoxy groups -OCH3 is 2. The number of nitrogens with two attached hydrogens (primary N) is 1. The lowest BCUT2D eigenvalue weighted by Crippen LogP contribution is -2.45. The Morgan fingerprint density at radius 3 is 1.82 bits per heavy atom. The van der Waals surface area contributed by atoms with Crippen molar-refractivity contribution < 1.29 is 33.4 Å². The normalized spacial score (nSPS) is 12.3. The van der Waals surface area contributed by atoms with E-state index in [9.17, 15) is 19.2 Å². The van der Waals surface area contributed by atoms with E-state index < -0.39 is 40.7 Å². The van der Waals surface area contributed by atoms with Crippen molar-refractivity contribution in [3.63, 3.8) is 0 Å². The van der Waals surface area contributed by atoms with Crippen LogP contribution < -0.4 is 16.4 Å². The van der Waals surface area contributed by atoms with Gasteiger partial charge in [-0.25, -0.2) is 24.4 Å². The Balaban J connectivity index is 0.000000512. The SMILES string of the molecule is CCCC(NC(=O)OC(C)(C)C)C(=O)Nc1cn(C(C)(C)C(=O)OC)cn1.COC(=O)C(C)(C)n1cnc(N)c1. The molecule has 4 N–H and O–H groups in total. The van der Waals surface area contributed by atoms with Gasteiger partial charge >= 0.3 is 18.0 Å². The quantitative estimate of drug-likeness (QED) is 0.302. The first kappa shape index (κ1) is 33.9. The number of hydrogen-bond acceptors (Lipinski definition) is 10. The van der Waals surface area contributed by atoms with Gasteiger partial charge in [0, 0.05) is 12.4 Å². The molecule has 0 bridgehead atoms. The topological polar surface area (TPSA) is 182 Å². The standard InChI is InChI=1S/C18H30N4O5.C8H13N3O2/c1-8-9-12(20-16(25)27-17(2,3)4)14(23)21-13-10-22(11-19-13)18(5,6)15(24)26-7;1-8(2,7(12)13-3)11-4-6(9)10-5-11/h10-12H,8-9H2,1-7H3,(H,20,25)(H,21,23);4-5H,9H2,1-3H3. The highest BCUT2D eigenvalue weighted by molar-refractivity contribution is 5.95. The number of amides is 2. The van der Waals surface area contributed by atoms with Crippen molar-refractivity contribution in [3.05, 3.63) is 25.0 Å². The van der Waals surface area contributed by atoms with E-state index in [4.69, 9.17) is 15.2 Å². The monoisotopic (exact) mass is 565 g/mol. The molecular formula is C26H43N7O7. The lowest BCUT2D eigenvalue weighted by Gasteiger charge is -2.23.